The molecule has 0 saturated heterocycles. The highest BCUT2D eigenvalue weighted by atomic mass is 16.6. The Balaban J connectivity index is 2.36. The number of carbonyl (C=O) groups excluding carboxylic acids is 1. The molecule has 0 aliphatic heterocycles. The Morgan fingerprint density at radius 2 is 2.03 bits per heavy atom. The van der Waals surface area contributed by atoms with Crippen LogP contribution in [0.25, 0.3) is 11.2 Å². The molecular formula is C19H28N6O4. The van der Waals surface area contributed by atoms with Crippen LogP contribution < -0.4 is 21.5 Å². The van der Waals surface area contributed by atoms with Crippen LogP contribution in [0.2, 0.25) is 0 Å². The maximum absolute atomic E-state index is 12.4. The third-order valence-electron chi connectivity index (χ3n) is 4.05. The zero-order valence-electron chi connectivity index (χ0n) is 17.9. The van der Waals surface area contributed by atoms with Crippen molar-refractivity contribution in [1.82, 2.24) is 24.4 Å². The largest absolute Gasteiger partial charge is 0.444 e. The van der Waals surface area contributed by atoms with Gasteiger partial charge >= 0.3 is 11.8 Å². The summed E-state index contributed by atoms with van der Waals surface area (Å²) in [6.45, 7) is 9.56. The van der Waals surface area contributed by atoms with Crippen LogP contribution in [0.5, 0.6) is 0 Å². The fourth-order valence-electron chi connectivity index (χ4n) is 2.87. The van der Waals surface area contributed by atoms with Crippen molar-refractivity contribution in [2.24, 2.45) is 7.05 Å². The number of likely N-dealkylation sites (N-methyl/N-ethyl adjacent to an activating group) is 1. The second kappa shape index (κ2) is 8.43. The molecule has 0 saturated carbocycles. The van der Waals surface area contributed by atoms with E-state index in [-0.39, 0.29) is 23.8 Å². The number of carbonyl (C=O) groups is 1. The van der Waals surface area contributed by atoms with E-state index >= 15 is 0 Å². The SMILES string of the molecule is CC#CCn1c(N(C)C[C@H](C)NC(=O)OC(C)(C)C)nc2c1c(=O)[nH]c(=O)n2C. The van der Waals surface area contributed by atoms with Gasteiger partial charge in [-0.15, -0.1) is 5.92 Å². The monoisotopic (exact) mass is 404 g/mol. The number of fused-ring (bicyclic) bond motifs is 1. The molecule has 0 fully saturated rings. The lowest BCUT2D eigenvalue weighted by atomic mass is 10.2. The predicted molar refractivity (Wildman–Crippen MR) is 111 cm³/mol. The third-order valence-corrected chi connectivity index (χ3v) is 4.05. The van der Waals surface area contributed by atoms with Gasteiger partial charge in [0.2, 0.25) is 5.95 Å². The van der Waals surface area contributed by atoms with E-state index in [1.165, 1.54) is 4.57 Å². The van der Waals surface area contributed by atoms with Crippen molar-refractivity contribution in [2.45, 2.75) is 52.8 Å². The summed E-state index contributed by atoms with van der Waals surface area (Å²) >= 11 is 0. The maximum Gasteiger partial charge on any atom is 0.407 e. The van der Waals surface area contributed by atoms with E-state index in [1.54, 1.807) is 51.3 Å². The minimum atomic E-state index is -0.589. The van der Waals surface area contributed by atoms with E-state index in [0.29, 0.717) is 12.5 Å². The van der Waals surface area contributed by atoms with Crippen LogP contribution in [0.3, 0.4) is 0 Å². The normalized spacial score (nSPS) is 12.2. The molecule has 29 heavy (non-hydrogen) atoms. The number of H-pyrrole nitrogens is 1. The summed E-state index contributed by atoms with van der Waals surface area (Å²) in [6.07, 6.45) is -0.511. The van der Waals surface area contributed by atoms with Crippen molar-refractivity contribution in [1.29, 1.82) is 0 Å². The molecule has 0 radical (unpaired) electrons. The molecule has 0 aromatic carbocycles. The van der Waals surface area contributed by atoms with Crippen LogP contribution >= 0.6 is 0 Å². The molecule has 158 valence electrons. The third kappa shape index (κ3) is 5.19. The van der Waals surface area contributed by atoms with Gasteiger partial charge in [0.15, 0.2) is 11.2 Å². The van der Waals surface area contributed by atoms with Crippen molar-refractivity contribution in [3.05, 3.63) is 20.8 Å². The fourth-order valence-corrected chi connectivity index (χ4v) is 2.87. The molecule has 2 rings (SSSR count). The molecular weight excluding hydrogens is 376 g/mol. The zero-order chi connectivity index (χ0) is 21.9. The molecule has 2 N–H and O–H groups in total. The molecule has 0 spiro atoms. The Bertz CT molecular complexity index is 1080. The summed E-state index contributed by atoms with van der Waals surface area (Å²) in [5.74, 6) is 6.19. The number of alkyl carbamates (subject to hydrolysis) is 1. The Morgan fingerprint density at radius 3 is 2.62 bits per heavy atom. The lowest BCUT2D eigenvalue weighted by molar-refractivity contribution is 0.0510. The van der Waals surface area contributed by atoms with E-state index in [1.807, 2.05) is 6.92 Å². The van der Waals surface area contributed by atoms with Gasteiger partial charge in [0, 0.05) is 26.7 Å². The fraction of sp³-hybridized carbons (Fsp3) is 0.579. The van der Waals surface area contributed by atoms with Crippen LogP contribution in [-0.2, 0) is 18.3 Å². The molecule has 2 heterocycles. The molecule has 0 aliphatic carbocycles. The van der Waals surface area contributed by atoms with Crippen LogP contribution in [0.1, 0.15) is 34.6 Å². The lowest BCUT2D eigenvalue weighted by Crippen LogP contribution is -2.43. The number of hydrogen-bond acceptors (Lipinski definition) is 6. The van der Waals surface area contributed by atoms with Gasteiger partial charge in [-0.3, -0.25) is 18.9 Å². The van der Waals surface area contributed by atoms with Crippen LogP contribution in [0.15, 0.2) is 9.59 Å². The number of amides is 1. The van der Waals surface area contributed by atoms with Gasteiger partial charge in [0.1, 0.15) is 5.60 Å². The topological polar surface area (TPSA) is 114 Å². The first kappa shape index (κ1) is 22.1. The first-order chi connectivity index (χ1) is 13.4. The standard InChI is InChI=1S/C19H28N6O4/c1-8-9-10-25-13-14(24(7)17(27)22-15(13)26)21-16(25)23(6)11-12(2)20-18(28)29-19(3,4)5/h12H,10-11H2,1-7H3,(H,20,28)(H,22,26,27)/t12-/m0/s1. The summed E-state index contributed by atoms with van der Waals surface area (Å²) in [6, 6.07) is -0.262. The Labute approximate surface area is 168 Å². The van der Waals surface area contributed by atoms with Gasteiger partial charge in [0.05, 0.1) is 6.54 Å². The van der Waals surface area contributed by atoms with E-state index in [4.69, 9.17) is 4.74 Å². The highest BCUT2D eigenvalue weighted by molar-refractivity contribution is 5.74. The number of nitrogens with zero attached hydrogens (tertiary/aromatic N) is 4. The number of nitrogens with one attached hydrogen (secondary N) is 2. The Hall–Kier alpha value is -3.22. The molecule has 10 nitrogen and oxygen atoms in total. The van der Waals surface area contributed by atoms with E-state index in [9.17, 15) is 14.4 Å². The number of rotatable bonds is 5. The molecule has 0 unspecified atom stereocenters. The van der Waals surface area contributed by atoms with E-state index < -0.39 is 22.9 Å². The quantitative estimate of drug-likeness (QED) is 0.713. The average Bonchev–Trinajstić information content (AvgIpc) is 2.96. The van der Waals surface area contributed by atoms with Gasteiger partial charge in [-0.1, -0.05) is 5.92 Å². The summed E-state index contributed by atoms with van der Waals surface area (Å²) in [7, 11) is 3.33. The number of aryl methyl sites for hydroxylation is 1. The zero-order valence-corrected chi connectivity index (χ0v) is 17.9. The highest BCUT2D eigenvalue weighted by Crippen LogP contribution is 2.18. The summed E-state index contributed by atoms with van der Waals surface area (Å²) in [5.41, 5.74) is -1.11. The van der Waals surface area contributed by atoms with Gasteiger partial charge in [-0.05, 0) is 34.6 Å². The Morgan fingerprint density at radius 1 is 1.38 bits per heavy atom. The van der Waals surface area contributed by atoms with Crippen molar-refractivity contribution < 1.29 is 9.53 Å². The number of ether oxygens (including phenoxy) is 1. The van der Waals surface area contributed by atoms with Crippen LogP contribution in [0.4, 0.5) is 10.7 Å². The molecule has 2 aromatic heterocycles. The second-order valence-corrected chi connectivity index (χ2v) is 7.84. The van der Waals surface area contributed by atoms with Crippen molar-refractivity contribution in [2.75, 3.05) is 18.5 Å². The summed E-state index contributed by atoms with van der Waals surface area (Å²) < 4.78 is 8.22. The number of aromatic amines is 1. The van der Waals surface area contributed by atoms with Gasteiger partial charge in [-0.2, -0.15) is 4.98 Å². The molecule has 10 heteroatoms. The smallest absolute Gasteiger partial charge is 0.407 e. The van der Waals surface area contributed by atoms with Gasteiger partial charge in [0.25, 0.3) is 5.56 Å². The molecule has 0 bridgehead atoms. The van der Waals surface area contributed by atoms with Gasteiger partial charge < -0.3 is 15.0 Å². The number of anilines is 1. The molecule has 1 atom stereocenters. The predicted octanol–water partition coefficient (Wildman–Crippen LogP) is 0.796. The molecule has 2 aromatic rings. The first-order valence-electron chi connectivity index (χ1n) is 9.24. The summed E-state index contributed by atoms with van der Waals surface area (Å²) in [4.78, 5) is 44.9. The van der Waals surface area contributed by atoms with Crippen molar-refractivity contribution in [3.63, 3.8) is 0 Å². The average molecular weight is 404 g/mol. The lowest BCUT2D eigenvalue weighted by Gasteiger charge is -2.25. The second-order valence-electron chi connectivity index (χ2n) is 7.84. The number of hydrogen-bond donors (Lipinski definition) is 2. The number of imidazole rings is 1. The number of aromatic nitrogens is 4. The van der Waals surface area contributed by atoms with Crippen LogP contribution in [0, 0.1) is 11.8 Å². The minimum Gasteiger partial charge on any atom is -0.444 e. The highest BCUT2D eigenvalue weighted by Gasteiger charge is 2.22. The van der Waals surface area contributed by atoms with Crippen molar-refractivity contribution >= 4 is 23.2 Å². The Kier molecular flexibility index (Phi) is 6.41. The van der Waals surface area contributed by atoms with Gasteiger partial charge in [-0.25, -0.2) is 9.59 Å². The van der Waals surface area contributed by atoms with E-state index in [2.05, 4.69) is 27.1 Å². The molecule has 0 aliphatic rings. The van der Waals surface area contributed by atoms with Crippen molar-refractivity contribution in [3.8, 4) is 11.8 Å². The molecule has 1 amide bonds. The minimum absolute atomic E-state index is 0.238. The van der Waals surface area contributed by atoms with Crippen LogP contribution in [-0.4, -0.2) is 50.4 Å². The maximum atomic E-state index is 12.4. The summed E-state index contributed by atoms with van der Waals surface area (Å²) in [5, 5.41) is 2.77. The van der Waals surface area contributed by atoms with E-state index in [0.717, 1.165) is 0 Å². The first-order valence-corrected chi connectivity index (χ1v) is 9.24.